The average molecular weight is 281 g/mol. The summed E-state index contributed by atoms with van der Waals surface area (Å²) in [6, 6.07) is 0. The van der Waals surface area contributed by atoms with Crippen molar-refractivity contribution in [2.45, 2.75) is 90.9 Å². The number of hydrogen-bond donors (Lipinski definition) is 1. The number of carbonyl (C=O) groups excluding carboxylic acids is 1. The first-order valence-corrected chi connectivity index (χ1v) is 8.75. The summed E-state index contributed by atoms with van der Waals surface area (Å²) in [5.74, 6) is 0.0376. The predicted octanol–water partition coefficient (Wildman–Crippen LogP) is 5.38. The fourth-order valence-corrected chi connectivity index (χ4v) is 2.35. The van der Waals surface area contributed by atoms with E-state index in [1.165, 1.54) is 70.6 Å². The van der Waals surface area contributed by atoms with Crippen molar-refractivity contribution in [3.05, 3.63) is 12.2 Å². The molecule has 0 unspecified atom stereocenters. The van der Waals surface area contributed by atoms with Crippen LogP contribution in [0, 0.1) is 0 Å². The second-order valence-electron chi connectivity index (χ2n) is 5.62. The lowest BCUT2D eigenvalue weighted by molar-refractivity contribution is -0.116. The SMILES string of the molecule is CCCCCCCCCCCCCC=CC(=O)NCC. The summed E-state index contributed by atoms with van der Waals surface area (Å²) in [4.78, 5) is 11.1. The van der Waals surface area contributed by atoms with Gasteiger partial charge >= 0.3 is 0 Å². The third kappa shape index (κ3) is 15.3. The lowest BCUT2D eigenvalue weighted by Gasteiger charge is -2.01. The van der Waals surface area contributed by atoms with E-state index >= 15 is 0 Å². The molecule has 20 heavy (non-hydrogen) atoms. The van der Waals surface area contributed by atoms with E-state index in [0.717, 1.165) is 6.42 Å². The van der Waals surface area contributed by atoms with Crippen molar-refractivity contribution in [3.8, 4) is 0 Å². The van der Waals surface area contributed by atoms with Gasteiger partial charge in [-0.1, -0.05) is 77.2 Å². The van der Waals surface area contributed by atoms with Crippen LogP contribution in [0.1, 0.15) is 90.9 Å². The van der Waals surface area contributed by atoms with Gasteiger partial charge in [0, 0.05) is 6.54 Å². The Balaban J connectivity index is 3.11. The Morgan fingerprint density at radius 3 is 1.80 bits per heavy atom. The molecule has 0 spiro atoms. The van der Waals surface area contributed by atoms with E-state index in [9.17, 15) is 4.79 Å². The molecule has 0 aromatic rings. The van der Waals surface area contributed by atoms with Crippen LogP contribution >= 0.6 is 0 Å². The standard InChI is InChI=1S/C18H35NO/c1-3-5-6-7-8-9-10-11-12-13-14-15-16-17-18(20)19-4-2/h16-17H,3-15H2,1-2H3,(H,19,20). The van der Waals surface area contributed by atoms with Gasteiger partial charge in [0.1, 0.15) is 0 Å². The van der Waals surface area contributed by atoms with Gasteiger partial charge in [-0.25, -0.2) is 0 Å². The van der Waals surface area contributed by atoms with Gasteiger partial charge in [-0.05, 0) is 25.8 Å². The Morgan fingerprint density at radius 1 is 0.800 bits per heavy atom. The first-order valence-electron chi connectivity index (χ1n) is 8.75. The molecular weight excluding hydrogens is 246 g/mol. The molecule has 1 N–H and O–H groups in total. The van der Waals surface area contributed by atoms with E-state index in [0.29, 0.717) is 6.54 Å². The maximum absolute atomic E-state index is 11.1. The van der Waals surface area contributed by atoms with Crippen LogP contribution in [0.4, 0.5) is 0 Å². The first-order chi connectivity index (χ1) is 9.81. The number of nitrogens with one attached hydrogen (secondary N) is 1. The number of rotatable bonds is 14. The monoisotopic (exact) mass is 281 g/mol. The molecule has 1 amide bonds. The molecule has 0 saturated heterocycles. The summed E-state index contributed by atoms with van der Waals surface area (Å²) in [6.45, 7) is 4.92. The van der Waals surface area contributed by atoms with Crippen molar-refractivity contribution in [3.63, 3.8) is 0 Å². The minimum absolute atomic E-state index is 0.0376. The average Bonchev–Trinajstić information content (AvgIpc) is 2.44. The zero-order chi connectivity index (χ0) is 14.9. The van der Waals surface area contributed by atoms with E-state index in [2.05, 4.69) is 12.2 Å². The van der Waals surface area contributed by atoms with E-state index in [4.69, 9.17) is 0 Å². The summed E-state index contributed by atoms with van der Waals surface area (Å²) in [5, 5.41) is 2.76. The van der Waals surface area contributed by atoms with Crippen LogP contribution in [-0.2, 0) is 4.79 Å². The van der Waals surface area contributed by atoms with E-state index in [1.807, 2.05) is 13.0 Å². The Bertz CT molecular complexity index is 236. The van der Waals surface area contributed by atoms with E-state index in [1.54, 1.807) is 6.08 Å². The molecule has 0 saturated carbocycles. The van der Waals surface area contributed by atoms with Crippen LogP contribution in [0.3, 0.4) is 0 Å². The zero-order valence-corrected chi connectivity index (χ0v) is 13.8. The molecule has 0 aliphatic heterocycles. The number of amides is 1. The molecule has 2 nitrogen and oxygen atoms in total. The lowest BCUT2D eigenvalue weighted by atomic mass is 10.1. The maximum atomic E-state index is 11.1. The molecule has 0 aliphatic carbocycles. The molecule has 0 heterocycles. The highest BCUT2D eigenvalue weighted by Crippen LogP contribution is 2.11. The van der Waals surface area contributed by atoms with Crippen molar-refractivity contribution >= 4 is 5.91 Å². The molecule has 0 bridgehead atoms. The van der Waals surface area contributed by atoms with Gasteiger partial charge in [-0.2, -0.15) is 0 Å². The van der Waals surface area contributed by atoms with Crippen molar-refractivity contribution < 1.29 is 4.79 Å². The topological polar surface area (TPSA) is 29.1 Å². The third-order valence-corrected chi connectivity index (χ3v) is 3.59. The lowest BCUT2D eigenvalue weighted by Crippen LogP contribution is -2.19. The smallest absolute Gasteiger partial charge is 0.243 e. The summed E-state index contributed by atoms with van der Waals surface area (Å²) in [5.41, 5.74) is 0. The second-order valence-corrected chi connectivity index (χ2v) is 5.62. The molecule has 0 aromatic heterocycles. The molecule has 2 heteroatoms. The van der Waals surface area contributed by atoms with Gasteiger partial charge in [0.05, 0.1) is 0 Å². The minimum atomic E-state index is 0.0376. The summed E-state index contributed by atoms with van der Waals surface area (Å²) < 4.78 is 0. The summed E-state index contributed by atoms with van der Waals surface area (Å²) >= 11 is 0. The van der Waals surface area contributed by atoms with Crippen molar-refractivity contribution in [2.75, 3.05) is 6.54 Å². The molecule has 0 fully saturated rings. The van der Waals surface area contributed by atoms with Gasteiger partial charge in [-0.15, -0.1) is 0 Å². The van der Waals surface area contributed by atoms with Gasteiger partial charge in [0.2, 0.25) is 5.91 Å². The van der Waals surface area contributed by atoms with Crippen LogP contribution in [0.25, 0.3) is 0 Å². The Kier molecular flexibility index (Phi) is 15.6. The first kappa shape index (κ1) is 19.2. The maximum Gasteiger partial charge on any atom is 0.243 e. The molecular formula is C18H35NO. The van der Waals surface area contributed by atoms with E-state index < -0.39 is 0 Å². The molecule has 0 aromatic carbocycles. The van der Waals surface area contributed by atoms with Crippen LogP contribution in [-0.4, -0.2) is 12.5 Å². The number of likely N-dealkylation sites (N-methyl/N-ethyl adjacent to an activating group) is 1. The van der Waals surface area contributed by atoms with Crippen molar-refractivity contribution in [1.82, 2.24) is 5.32 Å². The highest BCUT2D eigenvalue weighted by atomic mass is 16.1. The number of unbranched alkanes of at least 4 members (excludes halogenated alkanes) is 11. The van der Waals surface area contributed by atoms with Crippen LogP contribution < -0.4 is 5.32 Å². The minimum Gasteiger partial charge on any atom is -0.353 e. The summed E-state index contributed by atoms with van der Waals surface area (Å²) in [7, 11) is 0. The van der Waals surface area contributed by atoms with Crippen molar-refractivity contribution in [1.29, 1.82) is 0 Å². The summed E-state index contributed by atoms with van der Waals surface area (Å²) in [6.07, 6.45) is 19.8. The molecule has 0 radical (unpaired) electrons. The Morgan fingerprint density at radius 2 is 1.30 bits per heavy atom. The van der Waals surface area contributed by atoms with Gasteiger partial charge in [-0.3, -0.25) is 4.79 Å². The third-order valence-electron chi connectivity index (χ3n) is 3.59. The number of carbonyl (C=O) groups is 1. The second kappa shape index (κ2) is 16.3. The Labute approximate surface area is 126 Å². The predicted molar refractivity (Wildman–Crippen MR) is 88.9 cm³/mol. The highest BCUT2D eigenvalue weighted by molar-refractivity contribution is 5.87. The van der Waals surface area contributed by atoms with Gasteiger partial charge in [0.25, 0.3) is 0 Å². The molecule has 118 valence electrons. The molecule has 0 rings (SSSR count). The fourth-order valence-electron chi connectivity index (χ4n) is 2.35. The quantitative estimate of drug-likeness (QED) is 0.336. The number of hydrogen-bond acceptors (Lipinski definition) is 1. The highest BCUT2D eigenvalue weighted by Gasteiger charge is 1.93. The molecule has 0 atom stereocenters. The van der Waals surface area contributed by atoms with Gasteiger partial charge < -0.3 is 5.32 Å². The zero-order valence-electron chi connectivity index (χ0n) is 13.8. The fraction of sp³-hybridized carbons (Fsp3) is 0.833. The molecule has 0 aliphatic rings. The number of allylic oxidation sites excluding steroid dienone is 1. The Hall–Kier alpha value is -0.790. The van der Waals surface area contributed by atoms with Crippen LogP contribution in [0.15, 0.2) is 12.2 Å². The van der Waals surface area contributed by atoms with Crippen LogP contribution in [0.2, 0.25) is 0 Å². The normalized spacial score (nSPS) is 11.1. The van der Waals surface area contributed by atoms with Crippen LogP contribution in [0.5, 0.6) is 0 Å². The van der Waals surface area contributed by atoms with Crippen molar-refractivity contribution in [2.24, 2.45) is 0 Å². The van der Waals surface area contributed by atoms with E-state index in [-0.39, 0.29) is 5.91 Å². The largest absolute Gasteiger partial charge is 0.353 e. The van der Waals surface area contributed by atoms with Gasteiger partial charge in [0.15, 0.2) is 0 Å².